The van der Waals surface area contributed by atoms with Crippen LogP contribution in [0.3, 0.4) is 0 Å². The van der Waals surface area contributed by atoms with Crippen molar-refractivity contribution < 1.29 is 9.59 Å². The molecule has 29 heavy (non-hydrogen) atoms. The Morgan fingerprint density at radius 1 is 1.00 bits per heavy atom. The maximum absolute atomic E-state index is 12.4. The number of aromatic nitrogens is 2. The minimum absolute atomic E-state index is 0.00406. The molecule has 5 nitrogen and oxygen atoms in total. The molecule has 4 rings (SSSR count). The molecule has 144 valence electrons. The van der Waals surface area contributed by atoms with E-state index in [1.807, 2.05) is 41.8 Å². The topological polar surface area (TPSA) is 72.0 Å². The summed E-state index contributed by atoms with van der Waals surface area (Å²) in [6, 6.07) is 18.6. The molecule has 2 aromatic heterocycles. The normalized spacial score (nSPS) is 10.8. The molecule has 0 spiro atoms. The van der Waals surface area contributed by atoms with Gasteiger partial charge < -0.3 is 5.32 Å². The first-order chi connectivity index (χ1) is 14.1. The summed E-state index contributed by atoms with van der Waals surface area (Å²) in [5.74, 6) is 0.752. The number of ketones is 1. The van der Waals surface area contributed by atoms with Gasteiger partial charge in [-0.3, -0.25) is 9.59 Å². The van der Waals surface area contributed by atoms with Crippen molar-refractivity contribution >= 4 is 51.4 Å². The Labute approximate surface area is 176 Å². The Hall–Kier alpha value is -3.03. The molecule has 2 heterocycles. The number of hydrogen-bond donors (Lipinski definition) is 1. The number of fused-ring (bicyclic) bond motifs is 1. The first kappa shape index (κ1) is 19.3. The van der Waals surface area contributed by atoms with Crippen LogP contribution in [-0.2, 0) is 4.79 Å². The maximum Gasteiger partial charge on any atom is 0.234 e. The van der Waals surface area contributed by atoms with Crippen LogP contribution in [0.2, 0.25) is 0 Å². The lowest BCUT2D eigenvalue weighted by atomic mass is 10.1. The highest BCUT2D eigenvalue weighted by Gasteiger charge is 2.12. The summed E-state index contributed by atoms with van der Waals surface area (Å²) < 4.78 is 0. The van der Waals surface area contributed by atoms with Crippen LogP contribution in [-0.4, -0.2) is 27.4 Å². The molecule has 0 radical (unpaired) electrons. The Morgan fingerprint density at radius 2 is 1.79 bits per heavy atom. The van der Waals surface area contributed by atoms with E-state index < -0.39 is 0 Å². The SMILES string of the molecule is CC(=O)c1ccc(NC(=O)CSc2nc(-c3cccs3)nc3ccccc23)cc1. The number of anilines is 1. The van der Waals surface area contributed by atoms with E-state index in [4.69, 9.17) is 4.98 Å². The molecule has 1 N–H and O–H groups in total. The van der Waals surface area contributed by atoms with E-state index in [0.29, 0.717) is 17.1 Å². The lowest BCUT2D eigenvalue weighted by Crippen LogP contribution is -2.14. The molecule has 7 heteroatoms. The lowest BCUT2D eigenvalue weighted by Gasteiger charge is -2.08. The summed E-state index contributed by atoms with van der Waals surface area (Å²) in [4.78, 5) is 34.1. The summed E-state index contributed by atoms with van der Waals surface area (Å²) >= 11 is 2.97. The van der Waals surface area contributed by atoms with Crippen molar-refractivity contribution in [2.75, 3.05) is 11.1 Å². The second-order valence-corrected chi connectivity index (χ2v) is 8.23. The van der Waals surface area contributed by atoms with E-state index in [1.54, 1.807) is 35.6 Å². The van der Waals surface area contributed by atoms with Gasteiger partial charge >= 0.3 is 0 Å². The Balaban J connectivity index is 1.51. The molecular weight excluding hydrogens is 402 g/mol. The molecule has 0 atom stereocenters. The summed E-state index contributed by atoms with van der Waals surface area (Å²) in [7, 11) is 0. The van der Waals surface area contributed by atoms with Gasteiger partial charge in [0.2, 0.25) is 5.91 Å². The van der Waals surface area contributed by atoms with Gasteiger partial charge in [-0.1, -0.05) is 36.0 Å². The molecule has 0 saturated carbocycles. The average molecular weight is 420 g/mol. The van der Waals surface area contributed by atoms with Gasteiger partial charge in [0.1, 0.15) is 5.03 Å². The quantitative estimate of drug-likeness (QED) is 0.261. The van der Waals surface area contributed by atoms with Crippen molar-refractivity contribution in [1.82, 2.24) is 9.97 Å². The van der Waals surface area contributed by atoms with Gasteiger partial charge in [0.05, 0.1) is 16.1 Å². The van der Waals surface area contributed by atoms with Crippen molar-refractivity contribution in [3.63, 3.8) is 0 Å². The van der Waals surface area contributed by atoms with E-state index >= 15 is 0 Å². The zero-order valence-electron chi connectivity index (χ0n) is 15.6. The van der Waals surface area contributed by atoms with Crippen LogP contribution < -0.4 is 5.32 Å². The third-order valence-corrected chi connectivity index (χ3v) is 6.08. The number of Topliss-reactive ketones (excluding diaryl/α,β-unsaturated/α-hetero) is 1. The van der Waals surface area contributed by atoms with Gasteiger partial charge in [-0.05, 0) is 48.7 Å². The molecule has 0 bridgehead atoms. The van der Waals surface area contributed by atoms with Crippen molar-refractivity contribution in [3.05, 3.63) is 71.6 Å². The fourth-order valence-electron chi connectivity index (χ4n) is 2.79. The van der Waals surface area contributed by atoms with E-state index in [-0.39, 0.29) is 17.4 Å². The Kier molecular flexibility index (Phi) is 5.69. The van der Waals surface area contributed by atoms with Gasteiger partial charge in [0.25, 0.3) is 0 Å². The van der Waals surface area contributed by atoms with Crippen LogP contribution >= 0.6 is 23.1 Å². The monoisotopic (exact) mass is 419 g/mol. The van der Waals surface area contributed by atoms with Crippen LogP contribution in [0.4, 0.5) is 5.69 Å². The Bertz CT molecular complexity index is 1170. The molecule has 0 saturated heterocycles. The number of nitrogens with one attached hydrogen (secondary N) is 1. The molecule has 0 aliphatic carbocycles. The summed E-state index contributed by atoms with van der Waals surface area (Å²) in [5, 5.41) is 6.55. The van der Waals surface area contributed by atoms with Crippen molar-refractivity contribution in [1.29, 1.82) is 0 Å². The predicted octanol–water partition coefficient (Wildman–Crippen LogP) is 5.29. The van der Waals surface area contributed by atoms with Crippen molar-refractivity contribution in [2.45, 2.75) is 11.9 Å². The number of thioether (sulfide) groups is 1. The first-order valence-electron chi connectivity index (χ1n) is 8.94. The second kappa shape index (κ2) is 8.55. The standard InChI is InChI=1S/C22H17N3O2S2/c1-14(26)15-8-10-16(11-9-15)23-20(27)13-29-22-17-5-2-3-6-18(17)24-21(25-22)19-7-4-12-28-19/h2-12H,13H2,1H3,(H,23,27). The molecule has 0 fully saturated rings. The molecule has 0 aliphatic heterocycles. The third kappa shape index (κ3) is 4.52. The number of hydrogen-bond acceptors (Lipinski definition) is 6. The molecule has 4 aromatic rings. The highest BCUT2D eigenvalue weighted by molar-refractivity contribution is 8.00. The molecular formula is C22H17N3O2S2. The minimum Gasteiger partial charge on any atom is -0.325 e. The predicted molar refractivity (Wildman–Crippen MR) is 119 cm³/mol. The lowest BCUT2D eigenvalue weighted by molar-refractivity contribution is -0.113. The number of amides is 1. The maximum atomic E-state index is 12.4. The zero-order valence-corrected chi connectivity index (χ0v) is 17.2. The number of rotatable bonds is 6. The summed E-state index contributed by atoms with van der Waals surface area (Å²) in [5.41, 5.74) is 2.13. The number of para-hydroxylation sites is 1. The summed E-state index contributed by atoms with van der Waals surface area (Å²) in [6.07, 6.45) is 0. The number of thiophene rings is 1. The van der Waals surface area contributed by atoms with Crippen LogP contribution in [0.15, 0.2) is 71.1 Å². The van der Waals surface area contributed by atoms with Crippen LogP contribution in [0.5, 0.6) is 0 Å². The van der Waals surface area contributed by atoms with E-state index in [1.165, 1.54) is 18.7 Å². The van der Waals surface area contributed by atoms with Gasteiger partial charge in [0.15, 0.2) is 11.6 Å². The summed E-state index contributed by atoms with van der Waals surface area (Å²) in [6.45, 7) is 1.51. The number of benzene rings is 2. The number of nitrogens with zero attached hydrogens (tertiary/aromatic N) is 2. The van der Waals surface area contributed by atoms with Crippen molar-refractivity contribution in [2.24, 2.45) is 0 Å². The largest absolute Gasteiger partial charge is 0.325 e. The van der Waals surface area contributed by atoms with Crippen LogP contribution in [0.25, 0.3) is 21.6 Å². The highest BCUT2D eigenvalue weighted by atomic mass is 32.2. The first-order valence-corrected chi connectivity index (χ1v) is 10.8. The van der Waals surface area contributed by atoms with E-state index in [9.17, 15) is 9.59 Å². The molecule has 0 aliphatic rings. The Morgan fingerprint density at radius 3 is 2.52 bits per heavy atom. The van der Waals surface area contributed by atoms with Gasteiger partial charge in [-0.2, -0.15) is 0 Å². The average Bonchev–Trinajstić information content (AvgIpc) is 3.27. The highest BCUT2D eigenvalue weighted by Crippen LogP contribution is 2.30. The van der Waals surface area contributed by atoms with E-state index in [0.717, 1.165) is 20.8 Å². The third-order valence-electron chi connectivity index (χ3n) is 4.22. The smallest absolute Gasteiger partial charge is 0.234 e. The molecule has 0 unspecified atom stereocenters. The number of carbonyl (C=O) groups is 2. The minimum atomic E-state index is -0.133. The van der Waals surface area contributed by atoms with Crippen LogP contribution in [0.1, 0.15) is 17.3 Å². The fraction of sp³-hybridized carbons (Fsp3) is 0.0909. The zero-order chi connectivity index (χ0) is 20.2. The number of carbonyl (C=O) groups excluding carboxylic acids is 2. The van der Waals surface area contributed by atoms with Gasteiger partial charge in [0, 0.05) is 16.6 Å². The van der Waals surface area contributed by atoms with Gasteiger partial charge in [-0.25, -0.2) is 9.97 Å². The second-order valence-electron chi connectivity index (χ2n) is 6.32. The van der Waals surface area contributed by atoms with Crippen molar-refractivity contribution in [3.8, 4) is 10.7 Å². The molecule has 1 amide bonds. The van der Waals surface area contributed by atoms with Crippen LogP contribution in [0, 0.1) is 0 Å². The van der Waals surface area contributed by atoms with Gasteiger partial charge in [-0.15, -0.1) is 11.3 Å². The van der Waals surface area contributed by atoms with E-state index in [2.05, 4.69) is 10.3 Å². The fourth-order valence-corrected chi connectivity index (χ4v) is 4.27. The molecule has 2 aromatic carbocycles.